The molecule has 0 aliphatic carbocycles. The molecule has 0 spiro atoms. The highest BCUT2D eigenvalue weighted by atomic mass is 16.4. The van der Waals surface area contributed by atoms with Crippen LogP contribution in [-0.2, 0) is 9.59 Å². The third-order valence-electron chi connectivity index (χ3n) is 2.93. The summed E-state index contributed by atoms with van der Waals surface area (Å²) in [5, 5.41) is 23.9. The van der Waals surface area contributed by atoms with Crippen LogP contribution in [0.15, 0.2) is 24.3 Å². The summed E-state index contributed by atoms with van der Waals surface area (Å²) in [6.45, 7) is 1.71. The Kier molecular flexibility index (Phi) is 5.71. The van der Waals surface area contributed by atoms with E-state index in [1.807, 2.05) is 0 Å². The first-order valence-corrected chi connectivity index (χ1v) is 6.26. The van der Waals surface area contributed by atoms with Gasteiger partial charge in [-0.05, 0) is 36.5 Å². The van der Waals surface area contributed by atoms with Crippen molar-refractivity contribution in [3.63, 3.8) is 0 Å². The van der Waals surface area contributed by atoms with Gasteiger partial charge in [-0.1, -0.05) is 19.1 Å². The van der Waals surface area contributed by atoms with E-state index in [4.69, 9.17) is 0 Å². The average Bonchev–Trinajstić information content (AvgIpc) is 2.39. The van der Waals surface area contributed by atoms with Crippen LogP contribution in [0.25, 0.3) is 0 Å². The molecule has 1 amide bonds. The first-order valence-electron chi connectivity index (χ1n) is 6.26. The molecule has 0 aliphatic heterocycles. The molecule has 6 nitrogen and oxygen atoms in total. The van der Waals surface area contributed by atoms with Crippen LogP contribution < -0.4 is 15.5 Å². The van der Waals surface area contributed by atoms with Crippen LogP contribution >= 0.6 is 0 Å². The van der Waals surface area contributed by atoms with Crippen LogP contribution in [-0.4, -0.2) is 17.8 Å². The standard InChI is InChI=1S/C14H17NO5/c1-2-9(13(17)18)6-7-12(16)15-11-5-3-4-10(8-11)14(19)20/h3-5,8-9H,2,6-7H2,1H3,(H,15,16)(H,17,18)(H,19,20)/p-2/t9-/m0/s1. The van der Waals surface area contributed by atoms with Gasteiger partial charge in [0, 0.05) is 18.1 Å². The minimum atomic E-state index is -1.33. The van der Waals surface area contributed by atoms with Crippen LogP contribution in [0.4, 0.5) is 5.69 Å². The Morgan fingerprint density at radius 2 is 1.95 bits per heavy atom. The number of hydrogen-bond acceptors (Lipinski definition) is 5. The molecule has 108 valence electrons. The third kappa shape index (κ3) is 4.72. The van der Waals surface area contributed by atoms with Crippen molar-refractivity contribution in [2.75, 3.05) is 5.32 Å². The molecule has 0 radical (unpaired) electrons. The van der Waals surface area contributed by atoms with E-state index in [1.54, 1.807) is 13.0 Å². The van der Waals surface area contributed by atoms with Crippen LogP contribution in [0, 0.1) is 5.92 Å². The molecule has 1 N–H and O–H groups in total. The van der Waals surface area contributed by atoms with Crippen LogP contribution in [0.5, 0.6) is 0 Å². The fraction of sp³-hybridized carbons (Fsp3) is 0.357. The average molecular weight is 277 g/mol. The maximum absolute atomic E-state index is 11.6. The number of carbonyl (C=O) groups is 3. The molecule has 0 bridgehead atoms. The van der Waals surface area contributed by atoms with Gasteiger partial charge in [-0.2, -0.15) is 0 Å². The summed E-state index contributed by atoms with van der Waals surface area (Å²) in [5.41, 5.74) is 0.294. The van der Waals surface area contributed by atoms with Crippen molar-refractivity contribution in [1.29, 1.82) is 0 Å². The van der Waals surface area contributed by atoms with Crippen LogP contribution in [0.2, 0.25) is 0 Å². The maximum Gasteiger partial charge on any atom is 0.224 e. The number of anilines is 1. The number of rotatable bonds is 7. The van der Waals surface area contributed by atoms with Crippen molar-refractivity contribution >= 4 is 23.5 Å². The number of benzene rings is 1. The quantitative estimate of drug-likeness (QED) is 0.725. The molecular formula is C14H15NO5-2. The summed E-state index contributed by atoms with van der Waals surface area (Å²) >= 11 is 0. The molecule has 0 saturated heterocycles. The lowest BCUT2D eigenvalue weighted by Gasteiger charge is -2.15. The largest absolute Gasteiger partial charge is 0.550 e. The van der Waals surface area contributed by atoms with E-state index >= 15 is 0 Å². The van der Waals surface area contributed by atoms with E-state index in [1.165, 1.54) is 18.2 Å². The predicted molar refractivity (Wildman–Crippen MR) is 67.4 cm³/mol. The van der Waals surface area contributed by atoms with Crippen molar-refractivity contribution in [2.24, 2.45) is 5.92 Å². The van der Waals surface area contributed by atoms with E-state index in [9.17, 15) is 24.6 Å². The molecule has 0 unspecified atom stereocenters. The van der Waals surface area contributed by atoms with Gasteiger partial charge in [0.1, 0.15) is 0 Å². The lowest BCUT2D eigenvalue weighted by atomic mass is 10.0. The molecular weight excluding hydrogens is 262 g/mol. The summed E-state index contributed by atoms with van der Waals surface area (Å²) < 4.78 is 0. The highest BCUT2D eigenvalue weighted by molar-refractivity contribution is 5.93. The van der Waals surface area contributed by atoms with E-state index in [0.717, 1.165) is 0 Å². The Balaban J connectivity index is 2.56. The van der Waals surface area contributed by atoms with Gasteiger partial charge in [-0.25, -0.2) is 0 Å². The van der Waals surface area contributed by atoms with E-state index in [2.05, 4.69) is 5.32 Å². The second kappa shape index (κ2) is 7.28. The highest BCUT2D eigenvalue weighted by Gasteiger charge is 2.10. The minimum Gasteiger partial charge on any atom is -0.550 e. The van der Waals surface area contributed by atoms with Gasteiger partial charge in [0.25, 0.3) is 0 Å². The monoisotopic (exact) mass is 277 g/mol. The third-order valence-corrected chi connectivity index (χ3v) is 2.93. The zero-order chi connectivity index (χ0) is 15.1. The van der Waals surface area contributed by atoms with Gasteiger partial charge in [-0.3, -0.25) is 4.79 Å². The zero-order valence-electron chi connectivity index (χ0n) is 11.0. The highest BCUT2D eigenvalue weighted by Crippen LogP contribution is 2.13. The van der Waals surface area contributed by atoms with Gasteiger partial charge in [0.05, 0.1) is 5.97 Å². The Morgan fingerprint density at radius 3 is 2.50 bits per heavy atom. The molecule has 0 fully saturated rings. The molecule has 0 aromatic heterocycles. The smallest absolute Gasteiger partial charge is 0.224 e. The topological polar surface area (TPSA) is 109 Å². The molecule has 0 heterocycles. The molecule has 1 rings (SSSR count). The molecule has 1 aromatic carbocycles. The van der Waals surface area contributed by atoms with Gasteiger partial charge >= 0.3 is 0 Å². The molecule has 20 heavy (non-hydrogen) atoms. The first-order chi connectivity index (χ1) is 9.43. The van der Waals surface area contributed by atoms with Crippen LogP contribution in [0.1, 0.15) is 36.5 Å². The summed E-state index contributed by atoms with van der Waals surface area (Å²) in [6, 6.07) is 5.66. The van der Waals surface area contributed by atoms with Gasteiger partial charge in [-0.15, -0.1) is 0 Å². The minimum absolute atomic E-state index is 0.0298. The van der Waals surface area contributed by atoms with Gasteiger partial charge in [0.15, 0.2) is 0 Å². The number of amides is 1. The molecule has 0 aliphatic rings. The molecule has 6 heteroatoms. The summed E-state index contributed by atoms with van der Waals surface area (Å²) in [6.07, 6.45) is 0.614. The fourth-order valence-corrected chi connectivity index (χ4v) is 1.74. The number of aliphatic carboxylic acids is 1. The lowest BCUT2D eigenvalue weighted by molar-refractivity contribution is -0.311. The number of aromatic carboxylic acids is 1. The first kappa shape index (κ1) is 15.7. The Bertz CT molecular complexity index is 512. The van der Waals surface area contributed by atoms with Crippen molar-refractivity contribution in [3.05, 3.63) is 29.8 Å². The normalized spacial score (nSPS) is 11.7. The van der Waals surface area contributed by atoms with Crippen molar-refractivity contribution in [1.82, 2.24) is 0 Å². The van der Waals surface area contributed by atoms with E-state index in [-0.39, 0.29) is 24.3 Å². The predicted octanol–water partition coefficient (Wildman–Crippen LogP) is -0.455. The summed E-state index contributed by atoms with van der Waals surface area (Å²) in [7, 11) is 0. The number of carbonyl (C=O) groups excluding carboxylic acids is 3. The lowest BCUT2D eigenvalue weighted by Crippen LogP contribution is -2.31. The summed E-state index contributed by atoms with van der Waals surface area (Å²) in [5.74, 6) is -3.53. The van der Waals surface area contributed by atoms with E-state index in [0.29, 0.717) is 12.1 Å². The summed E-state index contributed by atoms with van der Waals surface area (Å²) in [4.78, 5) is 33.0. The number of carboxylic acids is 2. The number of nitrogens with one attached hydrogen (secondary N) is 1. The van der Waals surface area contributed by atoms with Crippen molar-refractivity contribution < 1.29 is 24.6 Å². The maximum atomic E-state index is 11.6. The van der Waals surface area contributed by atoms with Crippen LogP contribution in [0.3, 0.4) is 0 Å². The van der Waals surface area contributed by atoms with Gasteiger partial charge < -0.3 is 25.1 Å². The molecule has 1 atom stereocenters. The fourth-order valence-electron chi connectivity index (χ4n) is 1.74. The SMILES string of the molecule is CC[C@@H](CCC(=O)Nc1cccc(C(=O)[O-])c1)C(=O)[O-]. The number of hydrogen-bond donors (Lipinski definition) is 1. The second-order valence-electron chi connectivity index (χ2n) is 4.38. The zero-order valence-corrected chi connectivity index (χ0v) is 11.0. The van der Waals surface area contributed by atoms with Crippen molar-refractivity contribution in [3.8, 4) is 0 Å². The Labute approximate surface area is 116 Å². The Morgan fingerprint density at radius 1 is 1.25 bits per heavy atom. The van der Waals surface area contributed by atoms with E-state index < -0.39 is 17.9 Å². The molecule has 1 aromatic rings. The molecule has 0 saturated carbocycles. The van der Waals surface area contributed by atoms with Gasteiger partial charge in [0.2, 0.25) is 5.91 Å². The Hall–Kier alpha value is -2.37. The second-order valence-corrected chi connectivity index (χ2v) is 4.38. The van der Waals surface area contributed by atoms with Crippen molar-refractivity contribution in [2.45, 2.75) is 26.2 Å². The number of carboxylic acid groups (broad SMARTS) is 2.